The topological polar surface area (TPSA) is 77.4 Å². The van der Waals surface area contributed by atoms with Gasteiger partial charge in [-0.3, -0.25) is 10.5 Å². The fraction of sp³-hybridized carbons (Fsp3) is 0.353. The van der Waals surface area contributed by atoms with Crippen molar-refractivity contribution in [2.24, 2.45) is 4.99 Å². The number of aliphatic imine (C=N–C) groups is 1. The highest BCUT2D eigenvalue weighted by molar-refractivity contribution is 6.13. The molecule has 3 rings (SSSR count). The summed E-state index contributed by atoms with van der Waals surface area (Å²) in [5.74, 6) is 0.932. The minimum atomic E-state index is -1.56. The molecule has 2 atom stereocenters. The lowest BCUT2D eigenvalue weighted by molar-refractivity contribution is 0.217. The van der Waals surface area contributed by atoms with Crippen molar-refractivity contribution in [2.75, 3.05) is 19.7 Å². The molecule has 0 unspecified atom stereocenters. The lowest BCUT2D eigenvalue weighted by atomic mass is 10.1. The van der Waals surface area contributed by atoms with Crippen molar-refractivity contribution < 1.29 is 13.5 Å². The maximum absolute atomic E-state index is 13.4. The van der Waals surface area contributed by atoms with Crippen LogP contribution in [0.2, 0.25) is 0 Å². The van der Waals surface area contributed by atoms with Gasteiger partial charge in [-0.15, -0.1) is 0 Å². The van der Waals surface area contributed by atoms with E-state index < -0.39 is 12.3 Å². The van der Waals surface area contributed by atoms with Crippen molar-refractivity contribution in [3.05, 3.63) is 35.8 Å². The molecule has 2 heterocycles. The monoisotopic (exact) mass is 347 g/mol. The van der Waals surface area contributed by atoms with Gasteiger partial charge in [-0.25, -0.2) is 13.8 Å². The summed E-state index contributed by atoms with van der Waals surface area (Å²) < 4.78 is 32.3. The molecule has 25 heavy (non-hydrogen) atoms. The SMILES string of the molecule is C=N/C(=C\C(=N)c1n[nH]c2ccc(OCC)cc12)N1C[C@H](F)[C@@H](F)C1. The van der Waals surface area contributed by atoms with Gasteiger partial charge in [0.25, 0.3) is 0 Å². The van der Waals surface area contributed by atoms with Crippen molar-refractivity contribution in [3.63, 3.8) is 0 Å². The number of nitrogens with one attached hydrogen (secondary N) is 2. The van der Waals surface area contributed by atoms with Gasteiger partial charge in [0.05, 0.1) is 30.9 Å². The highest BCUT2D eigenvalue weighted by Gasteiger charge is 2.33. The first kappa shape index (κ1) is 17.1. The molecule has 1 saturated heterocycles. The van der Waals surface area contributed by atoms with Crippen LogP contribution in [0.25, 0.3) is 10.9 Å². The third-order valence-corrected chi connectivity index (χ3v) is 4.04. The molecular weight excluding hydrogens is 328 g/mol. The van der Waals surface area contributed by atoms with Crippen LogP contribution in [0.5, 0.6) is 5.75 Å². The van der Waals surface area contributed by atoms with Crippen LogP contribution in [0.4, 0.5) is 8.78 Å². The molecule has 2 N–H and O–H groups in total. The largest absolute Gasteiger partial charge is 0.494 e. The molecule has 2 aromatic rings. The molecule has 1 aromatic carbocycles. The van der Waals surface area contributed by atoms with Crippen molar-refractivity contribution in [2.45, 2.75) is 19.3 Å². The first-order valence-corrected chi connectivity index (χ1v) is 7.94. The van der Waals surface area contributed by atoms with Crippen LogP contribution < -0.4 is 4.74 Å². The molecule has 132 valence electrons. The molecule has 1 aliphatic heterocycles. The Hall–Kier alpha value is -2.77. The summed E-state index contributed by atoms with van der Waals surface area (Å²) in [5, 5.41) is 16.0. The molecule has 0 saturated carbocycles. The number of nitrogens with zero attached hydrogens (tertiary/aromatic N) is 3. The maximum atomic E-state index is 13.4. The molecule has 0 radical (unpaired) electrons. The number of rotatable bonds is 6. The number of hydrogen-bond donors (Lipinski definition) is 2. The Balaban J connectivity index is 1.90. The Labute approximate surface area is 143 Å². The number of benzene rings is 1. The summed E-state index contributed by atoms with van der Waals surface area (Å²) in [7, 11) is 0. The van der Waals surface area contributed by atoms with Crippen LogP contribution in [0.3, 0.4) is 0 Å². The zero-order valence-electron chi connectivity index (χ0n) is 13.8. The fourth-order valence-electron chi connectivity index (χ4n) is 2.80. The van der Waals surface area contributed by atoms with E-state index in [9.17, 15) is 8.78 Å². The summed E-state index contributed by atoms with van der Waals surface area (Å²) in [4.78, 5) is 5.26. The maximum Gasteiger partial charge on any atom is 0.150 e. The Morgan fingerprint density at radius 3 is 2.84 bits per heavy atom. The number of aromatic nitrogens is 2. The van der Waals surface area contributed by atoms with Crippen molar-refractivity contribution >= 4 is 23.3 Å². The molecule has 1 aromatic heterocycles. The summed E-state index contributed by atoms with van der Waals surface area (Å²) >= 11 is 0. The average Bonchev–Trinajstić information content (AvgIpc) is 3.16. The quantitative estimate of drug-likeness (QED) is 0.789. The minimum Gasteiger partial charge on any atom is -0.494 e. The number of ether oxygens (including phenoxy) is 1. The first-order valence-electron chi connectivity index (χ1n) is 7.94. The van der Waals surface area contributed by atoms with Crippen molar-refractivity contribution in [1.29, 1.82) is 5.41 Å². The third-order valence-electron chi connectivity index (χ3n) is 4.04. The number of H-pyrrole nitrogens is 1. The van der Waals surface area contributed by atoms with Gasteiger partial charge in [0, 0.05) is 11.5 Å². The van der Waals surface area contributed by atoms with E-state index in [4.69, 9.17) is 10.1 Å². The van der Waals surface area contributed by atoms with Gasteiger partial charge in [-0.1, -0.05) is 0 Å². The fourth-order valence-corrected chi connectivity index (χ4v) is 2.80. The van der Waals surface area contributed by atoms with Gasteiger partial charge in [0.2, 0.25) is 0 Å². The molecule has 1 aliphatic rings. The highest BCUT2D eigenvalue weighted by Crippen LogP contribution is 2.25. The average molecular weight is 347 g/mol. The second-order valence-electron chi connectivity index (χ2n) is 5.72. The molecule has 6 nitrogen and oxygen atoms in total. The van der Waals surface area contributed by atoms with E-state index in [0.29, 0.717) is 18.1 Å². The summed E-state index contributed by atoms with van der Waals surface area (Å²) in [5.41, 5.74) is 1.24. The summed E-state index contributed by atoms with van der Waals surface area (Å²) in [6.45, 7) is 5.66. The van der Waals surface area contributed by atoms with Gasteiger partial charge in [-0.05, 0) is 31.8 Å². The number of halogens is 2. The predicted molar refractivity (Wildman–Crippen MR) is 93.1 cm³/mol. The smallest absolute Gasteiger partial charge is 0.150 e. The van der Waals surface area contributed by atoms with Crippen LogP contribution in [-0.4, -0.2) is 59.6 Å². The number of alkyl halides is 2. The third kappa shape index (κ3) is 3.38. The molecule has 1 fully saturated rings. The molecule has 0 amide bonds. The Bertz CT molecular complexity index is 822. The lowest BCUT2D eigenvalue weighted by Gasteiger charge is -2.17. The van der Waals surface area contributed by atoms with E-state index in [-0.39, 0.29) is 24.6 Å². The van der Waals surface area contributed by atoms with Gasteiger partial charge < -0.3 is 9.64 Å². The standard InChI is InChI=1S/C17H19F2N5O/c1-3-25-10-4-5-15-11(6-10)17(23-22-15)14(20)7-16(21-2)24-8-12(18)13(19)9-24/h4-7,12-13,20H,2-3,8-9H2,1H3,(H,22,23)/b16-7+,20-14?/t12-,13-/m0/s1. The number of fused-ring (bicyclic) bond motifs is 1. The molecular formula is C17H19F2N5O. The Morgan fingerprint density at radius 1 is 1.48 bits per heavy atom. The second-order valence-corrected chi connectivity index (χ2v) is 5.72. The number of hydrogen-bond acceptors (Lipinski definition) is 5. The van der Waals surface area contributed by atoms with Gasteiger partial charge in [-0.2, -0.15) is 5.10 Å². The molecule has 8 heteroatoms. The predicted octanol–water partition coefficient (Wildman–Crippen LogP) is 2.86. The van der Waals surface area contributed by atoms with Gasteiger partial charge >= 0.3 is 0 Å². The van der Waals surface area contributed by atoms with E-state index in [1.54, 1.807) is 6.07 Å². The zero-order chi connectivity index (χ0) is 18.0. The van der Waals surface area contributed by atoms with Crippen molar-refractivity contribution in [3.8, 4) is 5.75 Å². The normalized spacial score (nSPS) is 20.9. The molecule has 0 aliphatic carbocycles. The van der Waals surface area contributed by atoms with E-state index in [0.717, 1.165) is 10.9 Å². The Morgan fingerprint density at radius 2 is 2.20 bits per heavy atom. The number of aromatic amines is 1. The van der Waals surface area contributed by atoms with Crippen LogP contribution >= 0.6 is 0 Å². The van der Waals surface area contributed by atoms with Gasteiger partial charge in [0.1, 0.15) is 17.3 Å². The molecule has 0 spiro atoms. The Kier molecular flexibility index (Phi) is 4.78. The van der Waals surface area contributed by atoms with E-state index in [2.05, 4.69) is 21.9 Å². The van der Waals surface area contributed by atoms with Crippen LogP contribution in [0, 0.1) is 5.41 Å². The lowest BCUT2D eigenvalue weighted by Crippen LogP contribution is -2.20. The second kappa shape index (κ2) is 7.00. The van der Waals surface area contributed by atoms with E-state index in [1.807, 2.05) is 19.1 Å². The van der Waals surface area contributed by atoms with Crippen LogP contribution in [0.1, 0.15) is 12.6 Å². The number of allylic oxidation sites excluding steroid dienone is 1. The summed E-state index contributed by atoms with van der Waals surface area (Å²) in [6.07, 6.45) is -1.70. The number of likely N-dealkylation sites (tertiary alicyclic amines) is 1. The highest BCUT2D eigenvalue weighted by atomic mass is 19.2. The van der Waals surface area contributed by atoms with Crippen LogP contribution in [0.15, 0.2) is 35.1 Å². The summed E-state index contributed by atoms with van der Waals surface area (Å²) in [6, 6.07) is 5.44. The minimum absolute atomic E-state index is 0.0695. The zero-order valence-corrected chi connectivity index (χ0v) is 13.8. The van der Waals surface area contributed by atoms with E-state index >= 15 is 0 Å². The first-order chi connectivity index (χ1) is 12.0. The molecule has 0 bridgehead atoms. The van der Waals surface area contributed by atoms with Crippen molar-refractivity contribution in [1.82, 2.24) is 15.1 Å². The van der Waals surface area contributed by atoms with Crippen LogP contribution in [-0.2, 0) is 0 Å². The van der Waals surface area contributed by atoms with E-state index in [1.165, 1.54) is 11.0 Å². The van der Waals surface area contributed by atoms with Gasteiger partial charge in [0.15, 0.2) is 12.3 Å².